The molecule has 0 rings (SSSR count). The van der Waals surface area contributed by atoms with Crippen LogP contribution in [0.1, 0.15) is 0 Å². The third-order valence-electron chi connectivity index (χ3n) is 0.301. The molecule has 0 unspecified atom stereocenters. The summed E-state index contributed by atoms with van der Waals surface area (Å²) in [6.45, 7) is 0. The molecule has 44 valence electrons. The van der Waals surface area contributed by atoms with Gasteiger partial charge < -0.3 is 0 Å². The minimum atomic E-state index is -3.45. The van der Waals surface area contributed by atoms with Gasteiger partial charge in [-0.3, -0.25) is 0 Å². The second-order valence-electron chi connectivity index (χ2n) is 0.833. The zero-order valence-electron chi connectivity index (χ0n) is 3.43. The van der Waals surface area contributed by atoms with E-state index in [0.29, 0.717) is 0 Å². The van der Waals surface area contributed by atoms with Gasteiger partial charge in [0.25, 0.3) is 0 Å². The third kappa shape index (κ3) is 3.51. The molecule has 0 aliphatic carbocycles. The Morgan fingerprint density at radius 2 is 1.86 bits per heavy atom. The number of hydrogen-bond acceptors (Lipinski definition) is 2. The first-order chi connectivity index (χ1) is 2.94. The lowest BCUT2D eigenvalue weighted by molar-refractivity contribution is 0.586. The Bertz CT molecular complexity index is 140. The molecule has 6 heteroatoms. The summed E-state index contributed by atoms with van der Waals surface area (Å²) in [6, 6.07) is 0. The average Bonchev–Trinajstić information content (AvgIpc) is 1.31. The molecule has 3 nitrogen and oxygen atoms in total. The van der Waals surface area contributed by atoms with Gasteiger partial charge in [-0.15, -0.1) is 2.52 Å². The third-order valence-corrected chi connectivity index (χ3v) is 3.78. The molecule has 0 N–H and O–H groups in total. The first-order valence-corrected chi connectivity index (χ1v) is 4.52. The van der Waals surface area contributed by atoms with Crippen molar-refractivity contribution in [2.45, 2.75) is 0 Å². The van der Waals surface area contributed by atoms with E-state index in [1.165, 1.54) is 7.05 Å². The largest absolute Gasteiger partial charge is 0.308 e. The summed E-state index contributed by atoms with van der Waals surface area (Å²) in [6.07, 6.45) is 0. The zero-order valence-corrected chi connectivity index (χ0v) is 7.16. The molecular formula is CH3ClINO2S. The van der Waals surface area contributed by atoms with Gasteiger partial charge >= 0.3 is 9.24 Å². The molecule has 0 saturated carbocycles. The Morgan fingerprint density at radius 3 is 1.86 bits per heavy atom. The van der Waals surface area contributed by atoms with Crippen molar-refractivity contribution >= 4 is 42.8 Å². The molecule has 0 radical (unpaired) electrons. The van der Waals surface area contributed by atoms with Crippen LogP contribution < -0.4 is 0 Å². The SMILES string of the molecule is CN(I)S(=O)(=O)Cl. The highest BCUT2D eigenvalue weighted by molar-refractivity contribution is 14.1. The van der Waals surface area contributed by atoms with E-state index >= 15 is 0 Å². The van der Waals surface area contributed by atoms with Crippen molar-refractivity contribution in [1.29, 1.82) is 0 Å². The van der Waals surface area contributed by atoms with Crippen LogP contribution in [-0.2, 0) is 9.24 Å². The Hall–Kier alpha value is 0.930. The summed E-state index contributed by atoms with van der Waals surface area (Å²) in [5.41, 5.74) is 0. The summed E-state index contributed by atoms with van der Waals surface area (Å²) >= 11 is 1.56. The molecule has 0 spiro atoms. The van der Waals surface area contributed by atoms with Crippen LogP contribution in [0.15, 0.2) is 0 Å². The van der Waals surface area contributed by atoms with Gasteiger partial charge in [0.05, 0.1) is 0 Å². The lowest BCUT2D eigenvalue weighted by Gasteiger charge is -1.96. The minimum Gasteiger partial charge on any atom is -0.194 e. The van der Waals surface area contributed by atoms with Crippen LogP contribution in [0.3, 0.4) is 0 Å². The summed E-state index contributed by atoms with van der Waals surface area (Å²) in [4.78, 5) is 0. The average molecular weight is 255 g/mol. The maximum Gasteiger partial charge on any atom is 0.308 e. The van der Waals surface area contributed by atoms with Crippen molar-refractivity contribution in [3.8, 4) is 0 Å². The zero-order chi connectivity index (χ0) is 6.08. The van der Waals surface area contributed by atoms with Crippen molar-refractivity contribution in [1.82, 2.24) is 2.52 Å². The summed E-state index contributed by atoms with van der Waals surface area (Å²) in [5, 5.41) is 0. The highest BCUT2D eigenvalue weighted by Gasteiger charge is 2.07. The topological polar surface area (TPSA) is 37.4 Å². The first kappa shape index (κ1) is 7.93. The van der Waals surface area contributed by atoms with Gasteiger partial charge in [-0.25, -0.2) is 0 Å². The van der Waals surface area contributed by atoms with Gasteiger partial charge in [-0.1, -0.05) is 0 Å². The van der Waals surface area contributed by atoms with Gasteiger partial charge in [0.2, 0.25) is 0 Å². The molecule has 0 aromatic rings. The van der Waals surface area contributed by atoms with Gasteiger partial charge in [0, 0.05) is 40.6 Å². The number of nitrogens with zero attached hydrogens (tertiary/aromatic N) is 1. The Balaban J connectivity index is 4.10. The smallest absolute Gasteiger partial charge is 0.194 e. The minimum absolute atomic E-state index is 0.895. The van der Waals surface area contributed by atoms with Crippen LogP contribution in [0.25, 0.3) is 0 Å². The molecule has 0 fully saturated rings. The maximum absolute atomic E-state index is 10.0. The second-order valence-corrected chi connectivity index (χ2v) is 5.48. The summed E-state index contributed by atoms with van der Waals surface area (Å²) in [5.74, 6) is 0. The molecule has 0 amide bonds. The highest BCUT2D eigenvalue weighted by Crippen LogP contribution is 2.06. The van der Waals surface area contributed by atoms with Crippen LogP contribution >= 0.6 is 33.5 Å². The molecule has 7 heavy (non-hydrogen) atoms. The normalized spacial score (nSPS) is 12.6. The molecule has 0 aromatic heterocycles. The first-order valence-electron chi connectivity index (χ1n) is 1.29. The Labute approximate surface area is 60.7 Å². The van der Waals surface area contributed by atoms with Crippen LogP contribution in [0.5, 0.6) is 0 Å². The maximum atomic E-state index is 10.0. The molecule has 0 saturated heterocycles. The fourth-order valence-electron chi connectivity index (χ4n) is 0. The van der Waals surface area contributed by atoms with E-state index in [1.54, 1.807) is 22.9 Å². The molecule has 0 aliphatic heterocycles. The fourth-order valence-corrected chi connectivity index (χ4v) is 0. The van der Waals surface area contributed by atoms with Crippen molar-refractivity contribution in [3.63, 3.8) is 0 Å². The fraction of sp³-hybridized carbons (Fsp3) is 1.00. The van der Waals surface area contributed by atoms with Crippen molar-refractivity contribution in [3.05, 3.63) is 0 Å². The van der Waals surface area contributed by atoms with Gasteiger partial charge in [-0.2, -0.15) is 8.42 Å². The van der Waals surface area contributed by atoms with E-state index < -0.39 is 9.24 Å². The van der Waals surface area contributed by atoms with E-state index in [2.05, 4.69) is 0 Å². The Kier molecular flexibility index (Phi) is 2.80. The van der Waals surface area contributed by atoms with Crippen LogP contribution in [0.4, 0.5) is 0 Å². The van der Waals surface area contributed by atoms with E-state index in [9.17, 15) is 8.42 Å². The number of rotatable bonds is 1. The lowest BCUT2D eigenvalue weighted by Crippen LogP contribution is -2.07. The molecule has 0 heterocycles. The van der Waals surface area contributed by atoms with Gasteiger partial charge in [-0.05, 0) is 0 Å². The summed E-state index contributed by atoms with van der Waals surface area (Å²) in [7, 11) is 2.66. The highest BCUT2D eigenvalue weighted by atomic mass is 127. The van der Waals surface area contributed by atoms with E-state index in [1.807, 2.05) is 0 Å². The van der Waals surface area contributed by atoms with Gasteiger partial charge in [0.15, 0.2) is 0 Å². The Morgan fingerprint density at radius 1 is 1.71 bits per heavy atom. The quantitative estimate of drug-likeness (QED) is 0.394. The van der Waals surface area contributed by atoms with Crippen molar-refractivity contribution in [2.75, 3.05) is 7.05 Å². The van der Waals surface area contributed by atoms with Gasteiger partial charge in [0.1, 0.15) is 0 Å². The molecule has 0 atom stereocenters. The monoisotopic (exact) mass is 255 g/mol. The second kappa shape index (κ2) is 2.47. The number of halogens is 2. The number of hydrogen-bond donors (Lipinski definition) is 0. The lowest BCUT2D eigenvalue weighted by atomic mass is 11.6. The molecule has 0 bridgehead atoms. The standard InChI is InChI=1S/CH3ClINO2S/c1-4(3)7(2,5)6/h1H3. The van der Waals surface area contributed by atoms with Crippen molar-refractivity contribution in [2.24, 2.45) is 0 Å². The van der Waals surface area contributed by atoms with Crippen LogP contribution in [0.2, 0.25) is 0 Å². The van der Waals surface area contributed by atoms with Crippen LogP contribution in [0, 0.1) is 0 Å². The predicted molar refractivity (Wildman–Crippen MR) is 36.6 cm³/mol. The van der Waals surface area contributed by atoms with E-state index in [-0.39, 0.29) is 0 Å². The van der Waals surface area contributed by atoms with Crippen molar-refractivity contribution < 1.29 is 8.42 Å². The van der Waals surface area contributed by atoms with Crippen LogP contribution in [-0.4, -0.2) is 18.0 Å². The molecule has 0 aliphatic rings. The summed E-state index contributed by atoms with van der Waals surface area (Å²) < 4.78 is 20.9. The van der Waals surface area contributed by atoms with E-state index in [4.69, 9.17) is 10.7 Å². The molecule has 0 aromatic carbocycles. The molecular weight excluding hydrogens is 252 g/mol. The van der Waals surface area contributed by atoms with E-state index in [0.717, 1.165) is 2.52 Å². The predicted octanol–water partition coefficient (Wildman–Crippen LogP) is 0.752.